The highest BCUT2D eigenvalue weighted by molar-refractivity contribution is 9.10. The fourth-order valence-electron chi connectivity index (χ4n) is 3.23. The molecule has 0 aliphatic carbocycles. The van der Waals surface area contributed by atoms with E-state index in [1.165, 1.54) is 5.56 Å². The number of aliphatic imine (C=N–C) groups is 1. The van der Waals surface area contributed by atoms with Crippen LogP contribution < -0.4 is 9.47 Å². The largest absolute Gasteiger partial charge is 0.490 e. The molecule has 168 valence electrons. The van der Waals surface area contributed by atoms with E-state index in [-0.39, 0.29) is 11.6 Å². The van der Waals surface area contributed by atoms with E-state index in [1.54, 1.807) is 6.08 Å². The van der Waals surface area contributed by atoms with Gasteiger partial charge in [0, 0.05) is 4.47 Å². The fraction of sp³-hybridized carbons (Fsp3) is 0.154. The molecule has 0 atom stereocenters. The van der Waals surface area contributed by atoms with Crippen molar-refractivity contribution in [1.29, 1.82) is 0 Å². The summed E-state index contributed by atoms with van der Waals surface area (Å²) in [5.74, 6) is 0.939. The number of halogens is 2. The highest BCUT2D eigenvalue weighted by Crippen LogP contribution is 2.38. The maximum absolute atomic E-state index is 12.4. The molecule has 0 spiro atoms. The van der Waals surface area contributed by atoms with E-state index in [0.717, 1.165) is 15.6 Å². The van der Waals surface area contributed by atoms with Crippen molar-refractivity contribution in [3.8, 4) is 11.5 Å². The normalized spacial score (nSPS) is 14.2. The first-order valence-corrected chi connectivity index (χ1v) is 12.0. The second kappa shape index (κ2) is 10.4. The molecule has 1 aliphatic rings. The number of esters is 1. The maximum Gasteiger partial charge on any atom is 0.363 e. The van der Waals surface area contributed by atoms with Gasteiger partial charge in [0.2, 0.25) is 5.90 Å². The zero-order valence-electron chi connectivity index (χ0n) is 18.1. The van der Waals surface area contributed by atoms with Crippen LogP contribution in [0.25, 0.3) is 6.08 Å². The number of ether oxygens (including phenoxy) is 3. The minimum atomic E-state index is -0.505. The lowest BCUT2D eigenvalue weighted by Crippen LogP contribution is -2.05. The van der Waals surface area contributed by atoms with Crippen LogP contribution >= 0.6 is 31.9 Å². The molecule has 0 N–H and O–H groups in total. The van der Waals surface area contributed by atoms with Crippen molar-refractivity contribution >= 4 is 49.8 Å². The number of hydrogen-bond acceptors (Lipinski definition) is 5. The Balaban J connectivity index is 1.61. The molecule has 1 heterocycles. The Hall–Kier alpha value is -2.90. The predicted octanol–water partition coefficient (Wildman–Crippen LogP) is 6.84. The zero-order valence-corrected chi connectivity index (χ0v) is 21.3. The number of rotatable bonds is 7. The van der Waals surface area contributed by atoms with Crippen molar-refractivity contribution in [3.63, 3.8) is 0 Å². The van der Waals surface area contributed by atoms with E-state index in [4.69, 9.17) is 14.2 Å². The molecule has 3 aromatic carbocycles. The number of aryl methyl sites for hydroxylation is 1. The molecule has 0 amide bonds. The van der Waals surface area contributed by atoms with Gasteiger partial charge in [0.1, 0.15) is 6.61 Å². The molecule has 0 bridgehead atoms. The lowest BCUT2D eigenvalue weighted by molar-refractivity contribution is -0.129. The van der Waals surface area contributed by atoms with Crippen LogP contribution in [-0.2, 0) is 16.1 Å². The highest BCUT2D eigenvalue weighted by Gasteiger charge is 2.25. The molecule has 3 aromatic rings. The van der Waals surface area contributed by atoms with E-state index < -0.39 is 5.97 Å². The fourth-order valence-corrected chi connectivity index (χ4v) is 4.26. The number of nitrogens with zero attached hydrogens (tertiary/aromatic N) is 1. The molecule has 0 fully saturated rings. The maximum atomic E-state index is 12.4. The third-order valence-electron chi connectivity index (χ3n) is 4.86. The van der Waals surface area contributed by atoms with Crippen LogP contribution in [0.2, 0.25) is 0 Å². The molecule has 33 heavy (non-hydrogen) atoms. The van der Waals surface area contributed by atoms with Crippen LogP contribution in [-0.4, -0.2) is 18.5 Å². The van der Waals surface area contributed by atoms with Crippen LogP contribution in [0.3, 0.4) is 0 Å². The van der Waals surface area contributed by atoms with Gasteiger partial charge in [-0.1, -0.05) is 42.0 Å². The van der Waals surface area contributed by atoms with Gasteiger partial charge in [0.15, 0.2) is 17.2 Å². The summed E-state index contributed by atoms with van der Waals surface area (Å²) >= 11 is 7.05. The second-order valence-electron chi connectivity index (χ2n) is 7.35. The molecule has 0 saturated heterocycles. The van der Waals surface area contributed by atoms with Crippen LogP contribution in [0.1, 0.15) is 29.2 Å². The quantitative estimate of drug-likeness (QED) is 0.230. The highest BCUT2D eigenvalue weighted by atomic mass is 79.9. The Morgan fingerprint density at radius 2 is 1.76 bits per heavy atom. The third-order valence-corrected chi connectivity index (χ3v) is 6.14. The summed E-state index contributed by atoms with van der Waals surface area (Å²) in [6, 6.07) is 19.3. The van der Waals surface area contributed by atoms with Crippen molar-refractivity contribution in [2.75, 3.05) is 6.61 Å². The monoisotopic (exact) mass is 569 g/mol. The van der Waals surface area contributed by atoms with E-state index in [9.17, 15) is 4.79 Å². The van der Waals surface area contributed by atoms with Crippen LogP contribution in [0.5, 0.6) is 11.5 Å². The van der Waals surface area contributed by atoms with Crippen molar-refractivity contribution in [1.82, 2.24) is 0 Å². The van der Waals surface area contributed by atoms with Crippen LogP contribution in [0, 0.1) is 6.92 Å². The minimum absolute atomic E-state index is 0.212. The van der Waals surface area contributed by atoms with Gasteiger partial charge in [0.25, 0.3) is 0 Å². The standard InChI is InChI=1S/C26H21Br2NO4/c1-3-31-23-14-18(12-21(28)24(23)32-15-17-10-8-16(2)9-11-17)13-22-26(30)33-25(29-22)19-6-4-5-7-20(19)27/h4-14H,3,15H2,1-2H3/b22-13-. The van der Waals surface area contributed by atoms with Crippen LogP contribution in [0.4, 0.5) is 0 Å². The molecule has 0 radical (unpaired) electrons. The number of benzene rings is 3. The lowest BCUT2D eigenvalue weighted by atomic mass is 10.1. The molecule has 1 aliphatic heterocycles. The Kier molecular flexibility index (Phi) is 7.30. The SMILES string of the molecule is CCOc1cc(/C=C2\N=C(c3ccccc3Br)OC2=O)cc(Br)c1OCc1ccc(C)cc1. The van der Waals surface area contributed by atoms with Gasteiger partial charge in [-0.2, -0.15) is 0 Å². The van der Waals surface area contributed by atoms with Crippen molar-refractivity contribution in [2.24, 2.45) is 4.99 Å². The van der Waals surface area contributed by atoms with Crippen molar-refractivity contribution in [2.45, 2.75) is 20.5 Å². The first kappa shape index (κ1) is 23.3. The molecule has 0 aromatic heterocycles. The van der Waals surface area contributed by atoms with Gasteiger partial charge in [-0.05, 0) is 87.2 Å². The average molecular weight is 571 g/mol. The van der Waals surface area contributed by atoms with E-state index >= 15 is 0 Å². The van der Waals surface area contributed by atoms with Crippen molar-refractivity contribution < 1.29 is 19.0 Å². The molecule has 5 nitrogen and oxygen atoms in total. The van der Waals surface area contributed by atoms with E-state index in [0.29, 0.717) is 34.7 Å². The van der Waals surface area contributed by atoms with Gasteiger partial charge in [-0.15, -0.1) is 0 Å². The summed E-state index contributed by atoms with van der Waals surface area (Å²) < 4.78 is 18.8. The Labute approximate surface area is 209 Å². The first-order chi connectivity index (χ1) is 15.9. The Morgan fingerprint density at radius 1 is 1.00 bits per heavy atom. The topological polar surface area (TPSA) is 57.1 Å². The van der Waals surface area contributed by atoms with Crippen molar-refractivity contribution in [3.05, 3.63) is 97.6 Å². The van der Waals surface area contributed by atoms with Gasteiger partial charge >= 0.3 is 5.97 Å². The smallest absolute Gasteiger partial charge is 0.363 e. The summed E-state index contributed by atoms with van der Waals surface area (Å²) in [6.45, 7) is 4.84. The number of cyclic esters (lactones) is 1. The molecule has 7 heteroatoms. The number of carbonyl (C=O) groups is 1. The average Bonchev–Trinajstić information content (AvgIpc) is 3.15. The Morgan fingerprint density at radius 3 is 2.48 bits per heavy atom. The minimum Gasteiger partial charge on any atom is -0.490 e. The number of carbonyl (C=O) groups excluding carboxylic acids is 1. The third kappa shape index (κ3) is 5.54. The van der Waals surface area contributed by atoms with E-state index in [1.807, 2.05) is 62.4 Å². The van der Waals surface area contributed by atoms with Gasteiger partial charge in [-0.25, -0.2) is 9.79 Å². The predicted molar refractivity (Wildman–Crippen MR) is 136 cm³/mol. The second-order valence-corrected chi connectivity index (χ2v) is 9.06. The summed E-state index contributed by atoms with van der Waals surface area (Å²) in [6.07, 6.45) is 1.67. The molecule has 4 rings (SSSR count). The molecular weight excluding hydrogens is 550 g/mol. The van der Waals surface area contributed by atoms with Gasteiger partial charge in [-0.3, -0.25) is 0 Å². The van der Waals surface area contributed by atoms with Crippen LogP contribution in [0.15, 0.2) is 80.3 Å². The summed E-state index contributed by atoms with van der Waals surface area (Å²) in [7, 11) is 0. The lowest BCUT2D eigenvalue weighted by Gasteiger charge is -2.15. The van der Waals surface area contributed by atoms with E-state index in [2.05, 4.69) is 49.0 Å². The first-order valence-electron chi connectivity index (χ1n) is 10.4. The Bertz CT molecular complexity index is 1250. The molecule has 0 unspecified atom stereocenters. The summed E-state index contributed by atoms with van der Waals surface area (Å²) in [5, 5.41) is 0. The summed E-state index contributed by atoms with van der Waals surface area (Å²) in [5.41, 5.74) is 3.91. The van der Waals surface area contributed by atoms with Gasteiger partial charge in [0.05, 0.1) is 16.6 Å². The number of hydrogen-bond donors (Lipinski definition) is 0. The van der Waals surface area contributed by atoms with Gasteiger partial charge < -0.3 is 14.2 Å². The summed E-state index contributed by atoms with van der Waals surface area (Å²) in [4.78, 5) is 16.8. The zero-order chi connectivity index (χ0) is 23.4. The molecule has 0 saturated carbocycles. The molecular formula is C26H21Br2NO4.